The van der Waals surface area contributed by atoms with E-state index < -0.39 is 12.1 Å². The van der Waals surface area contributed by atoms with E-state index in [0.29, 0.717) is 30.0 Å². The van der Waals surface area contributed by atoms with E-state index in [1.54, 1.807) is 6.92 Å². The molecule has 1 heterocycles. The largest absolute Gasteiger partial charge is 0.465 e. The van der Waals surface area contributed by atoms with Crippen molar-refractivity contribution in [1.82, 2.24) is 0 Å². The molecule has 3 N–H and O–H groups in total. The van der Waals surface area contributed by atoms with Crippen LogP contribution in [-0.2, 0) is 4.74 Å². The van der Waals surface area contributed by atoms with Crippen LogP contribution in [0, 0.1) is 6.92 Å². The SMILES string of the molecule is COC(=O)c1cc(C(O)CCN)oc1C. The maximum atomic E-state index is 11.2. The zero-order valence-electron chi connectivity index (χ0n) is 8.82. The lowest BCUT2D eigenvalue weighted by molar-refractivity contribution is 0.0598. The predicted octanol–water partition coefficient (Wildman–Crippen LogP) is 0.757. The third-order valence-corrected chi connectivity index (χ3v) is 2.11. The Hall–Kier alpha value is -1.33. The van der Waals surface area contributed by atoms with Crippen molar-refractivity contribution in [3.05, 3.63) is 23.2 Å². The van der Waals surface area contributed by atoms with Crippen molar-refractivity contribution < 1.29 is 19.1 Å². The highest BCUT2D eigenvalue weighted by Gasteiger charge is 2.19. The van der Waals surface area contributed by atoms with Crippen LogP contribution >= 0.6 is 0 Å². The van der Waals surface area contributed by atoms with Crippen LogP contribution in [0.3, 0.4) is 0 Å². The minimum absolute atomic E-state index is 0.337. The van der Waals surface area contributed by atoms with Crippen molar-refractivity contribution in [2.24, 2.45) is 5.73 Å². The molecule has 0 aromatic carbocycles. The van der Waals surface area contributed by atoms with Gasteiger partial charge in [0.15, 0.2) is 0 Å². The molecule has 0 aliphatic carbocycles. The Bertz CT molecular complexity index is 345. The quantitative estimate of drug-likeness (QED) is 0.721. The van der Waals surface area contributed by atoms with E-state index in [-0.39, 0.29) is 0 Å². The number of ether oxygens (including phenoxy) is 1. The number of carbonyl (C=O) groups excluding carboxylic acids is 1. The first-order valence-electron chi connectivity index (χ1n) is 4.67. The van der Waals surface area contributed by atoms with Gasteiger partial charge in [0, 0.05) is 0 Å². The number of furan rings is 1. The molecule has 0 saturated heterocycles. The number of esters is 1. The number of methoxy groups -OCH3 is 1. The maximum absolute atomic E-state index is 11.2. The number of nitrogens with two attached hydrogens (primary N) is 1. The smallest absolute Gasteiger partial charge is 0.341 e. The summed E-state index contributed by atoms with van der Waals surface area (Å²) in [7, 11) is 1.30. The number of aliphatic hydroxyl groups is 1. The van der Waals surface area contributed by atoms with E-state index in [1.165, 1.54) is 13.2 Å². The molecule has 0 radical (unpaired) electrons. The molecule has 1 unspecified atom stereocenters. The van der Waals surface area contributed by atoms with Crippen LogP contribution in [0.25, 0.3) is 0 Å². The van der Waals surface area contributed by atoms with Crippen molar-refractivity contribution in [2.45, 2.75) is 19.4 Å². The predicted molar refractivity (Wildman–Crippen MR) is 53.4 cm³/mol. The van der Waals surface area contributed by atoms with Crippen molar-refractivity contribution in [3.63, 3.8) is 0 Å². The molecule has 0 aliphatic rings. The van der Waals surface area contributed by atoms with Gasteiger partial charge in [0.2, 0.25) is 0 Å². The van der Waals surface area contributed by atoms with E-state index in [1.807, 2.05) is 0 Å². The van der Waals surface area contributed by atoms with E-state index >= 15 is 0 Å². The van der Waals surface area contributed by atoms with Gasteiger partial charge in [-0.1, -0.05) is 0 Å². The van der Waals surface area contributed by atoms with Crippen LogP contribution in [0.15, 0.2) is 10.5 Å². The fourth-order valence-corrected chi connectivity index (χ4v) is 1.28. The van der Waals surface area contributed by atoms with Gasteiger partial charge in [0.25, 0.3) is 0 Å². The van der Waals surface area contributed by atoms with Crippen molar-refractivity contribution >= 4 is 5.97 Å². The number of aliphatic hydroxyl groups excluding tert-OH is 1. The van der Waals surface area contributed by atoms with Crippen LogP contribution in [0.2, 0.25) is 0 Å². The number of aryl methyl sites for hydroxylation is 1. The van der Waals surface area contributed by atoms with Gasteiger partial charge >= 0.3 is 5.97 Å². The summed E-state index contributed by atoms with van der Waals surface area (Å²) < 4.78 is 9.81. The van der Waals surface area contributed by atoms with Crippen molar-refractivity contribution in [1.29, 1.82) is 0 Å². The van der Waals surface area contributed by atoms with Crippen LogP contribution in [-0.4, -0.2) is 24.7 Å². The Labute approximate surface area is 87.8 Å². The summed E-state index contributed by atoms with van der Waals surface area (Å²) in [6, 6.07) is 1.49. The molecule has 0 fully saturated rings. The normalized spacial score (nSPS) is 12.5. The molecule has 84 valence electrons. The molecule has 0 saturated carbocycles. The summed E-state index contributed by atoms with van der Waals surface area (Å²) in [5.74, 6) is 0.314. The highest BCUT2D eigenvalue weighted by molar-refractivity contribution is 5.90. The molecule has 5 heteroatoms. The summed E-state index contributed by atoms with van der Waals surface area (Å²) in [5.41, 5.74) is 5.64. The van der Waals surface area contributed by atoms with Gasteiger partial charge in [-0.05, 0) is 26.0 Å². The average molecular weight is 213 g/mol. The van der Waals surface area contributed by atoms with E-state index in [9.17, 15) is 9.90 Å². The van der Waals surface area contributed by atoms with Gasteiger partial charge < -0.3 is 20.0 Å². The molecule has 0 bridgehead atoms. The minimum atomic E-state index is -0.771. The van der Waals surface area contributed by atoms with Gasteiger partial charge in [-0.15, -0.1) is 0 Å². The van der Waals surface area contributed by atoms with Gasteiger partial charge in [-0.3, -0.25) is 0 Å². The summed E-state index contributed by atoms with van der Waals surface area (Å²) in [5, 5.41) is 9.59. The third-order valence-electron chi connectivity index (χ3n) is 2.11. The molecule has 0 aliphatic heterocycles. The Morgan fingerprint density at radius 1 is 1.73 bits per heavy atom. The number of hydrogen-bond donors (Lipinski definition) is 2. The van der Waals surface area contributed by atoms with E-state index in [4.69, 9.17) is 10.2 Å². The molecule has 5 nitrogen and oxygen atoms in total. The fraction of sp³-hybridized carbons (Fsp3) is 0.500. The van der Waals surface area contributed by atoms with Crippen LogP contribution in [0.5, 0.6) is 0 Å². The highest BCUT2D eigenvalue weighted by Crippen LogP contribution is 2.23. The second kappa shape index (κ2) is 4.95. The first-order chi connectivity index (χ1) is 7.10. The second-order valence-electron chi connectivity index (χ2n) is 3.20. The van der Waals surface area contributed by atoms with Crippen LogP contribution in [0.4, 0.5) is 0 Å². The molecular formula is C10H15NO4. The second-order valence-corrected chi connectivity index (χ2v) is 3.20. The van der Waals surface area contributed by atoms with Gasteiger partial charge in [0.05, 0.1) is 7.11 Å². The highest BCUT2D eigenvalue weighted by atomic mass is 16.5. The third kappa shape index (κ3) is 2.57. The Morgan fingerprint density at radius 3 is 2.93 bits per heavy atom. The number of rotatable bonds is 4. The zero-order chi connectivity index (χ0) is 11.4. The summed E-state index contributed by atoms with van der Waals surface area (Å²) in [4.78, 5) is 11.2. The Kier molecular flexibility index (Phi) is 3.88. The van der Waals surface area contributed by atoms with E-state index in [2.05, 4.69) is 4.74 Å². The Morgan fingerprint density at radius 2 is 2.40 bits per heavy atom. The van der Waals surface area contributed by atoms with Gasteiger partial charge in [-0.25, -0.2) is 4.79 Å². The topological polar surface area (TPSA) is 85.7 Å². The summed E-state index contributed by atoms with van der Waals surface area (Å²) in [6.45, 7) is 2.00. The molecule has 1 atom stereocenters. The van der Waals surface area contributed by atoms with E-state index in [0.717, 1.165) is 0 Å². The average Bonchev–Trinajstić information content (AvgIpc) is 2.60. The molecule has 1 aromatic rings. The minimum Gasteiger partial charge on any atom is -0.465 e. The lowest BCUT2D eigenvalue weighted by atomic mass is 10.2. The maximum Gasteiger partial charge on any atom is 0.341 e. The molecule has 1 rings (SSSR count). The molecule has 0 amide bonds. The number of hydrogen-bond acceptors (Lipinski definition) is 5. The first-order valence-corrected chi connectivity index (χ1v) is 4.67. The zero-order valence-corrected chi connectivity index (χ0v) is 8.82. The van der Waals surface area contributed by atoms with Gasteiger partial charge in [0.1, 0.15) is 23.2 Å². The van der Waals surface area contributed by atoms with Crippen molar-refractivity contribution in [2.75, 3.05) is 13.7 Å². The van der Waals surface area contributed by atoms with Crippen LogP contribution < -0.4 is 5.73 Å². The lowest BCUT2D eigenvalue weighted by Crippen LogP contribution is -2.06. The first kappa shape index (κ1) is 11.7. The van der Waals surface area contributed by atoms with Crippen LogP contribution in [0.1, 0.15) is 34.4 Å². The molecule has 15 heavy (non-hydrogen) atoms. The van der Waals surface area contributed by atoms with Gasteiger partial charge in [-0.2, -0.15) is 0 Å². The summed E-state index contributed by atoms with van der Waals surface area (Å²) >= 11 is 0. The summed E-state index contributed by atoms with van der Waals surface area (Å²) in [6.07, 6.45) is -0.375. The molecular weight excluding hydrogens is 198 g/mol. The standard InChI is InChI=1S/C10H15NO4/c1-6-7(10(13)14-2)5-9(15-6)8(12)3-4-11/h5,8,12H,3-4,11H2,1-2H3. The fourth-order valence-electron chi connectivity index (χ4n) is 1.28. The molecule has 0 spiro atoms. The number of carbonyl (C=O) groups is 1. The monoisotopic (exact) mass is 213 g/mol. The molecule has 1 aromatic heterocycles. The van der Waals surface area contributed by atoms with Crippen molar-refractivity contribution in [3.8, 4) is 0 Å². The Balaban J connectivity index is 2.90. The lowest BCUT2D eigenvalue weighted by Gasteiger charge is -2.03.